The summed E-state index contributed by atoms with van der Waals surface area (Å²) in [7, 11) is 0. The highest BCUT2D eigenvalue weighted by molar-refractivity contribution is 6.13. The monoisotopic (exact) mass is 801 g/mol. The minimum absolute atomic E-state index is 0.123. The van der Waals surface area contributed by atoms with Gasteiger partial charge < -0.3 is 4.57 Å². The van der Waals surface area contributed by atoms with Crippen LogP contribution < -0.4 is 0 Å². The molecule has 14 rings (SSSR count). The Morgan fingerprint density at radius 1 is 0.381 bits per heavy atom. The first kappa shape index (κ1) is 34.8. The SMILES string of the molecule is CC1(C)c2ccccc2-c2cc3c4ccccc4n(-c4cccc5c4-c4ccccc4C54c5ccccc5-c5c(-c6nc(-c7ccccc7)c7ccccc7n6)cccc54)c3cc21. The average molecular weight is 802 g/mol. The van der Waals surface area contributed by atoms with Gasteiger partial charge in [-0.2, -0.15) is 0 Å². The molecule has 3 aliphatic carbocycles. The van der Waals surface area contributed by atoms with Crippen LogP contribution in [0.4, 0.5) is 0 Å². The molecule has 3 heteroatoms. The molecule has 0 saturated heterocycles. The van der Waals surface area contributed by atoms with Crippen LogP contribution in [-0.2, 0) is 10.8 Å². The highest BCUT2D eigenvalue weighted by atomic mass is 15.0. The Balaban J connectivity index is 1.06. The molecular weight excluding hydrogens is 763 g/mol. The normalized spacial score (nSPS) is 16.0. The molecule has 0 N–H and O–H groups in total. The van der Waals surface area contributed by atoms with Crippen molar-refractivity contribution in [2.24, 2.45) is 0 Å². The quantitative estimate of drug-likeness (QED) is 0.178. The first-order valence-corrected chi connectivity index (χ1v) is 22.0. The molecule has 3 aliphatic rings. The molecule has 0 bridgehead atoms. The van der Waals surface area contributed by atoms with Gasteiger partial charge in [0.25, 0.3) is 0 Å². The number of benzene rings is 9. The van der Waals surface area contributed by atoms with Crippen LogP contribution in [0.5, 0.6) is 0 Å². The summed E-state index contributed by atoms with van der Waals surface area (Å²) in [6.07, 6.45) is 0. The number of rotatable bonds is 3. The van der Waals surface area contributed by atoms with E-state index in [0.29, 0.717) is 0 Å². The number of aromatic nitrogens is 3. The topological polar surface area (TPSA) is 30.7 Å². The van der Waals surface area contributed by atoms with Crippen LogP contribution in [0.15, 0.2) is 200 Å². The first-order chi connectivity index (χ1) is 31.0. The number of hydrogen-bond acceptors (Lipinski definition) is 2. The van der Waals surface area contributed by atoms with Crippen molar-refractivity contribution in [2.75, 3.05) is 0 Å². The summed E-state index contributed by atoms with van der Waals surface area (Å²) in [4.78, 5) is 10.8. The molecule has 63 heavy (non-hydrogen) atoms. The van der Waals surface area contributed by atoms with E-state index in [9.17, 15) is 0 Å². The van der Waals surface area contributed by atoms with Crippen molar-refractivity contribution < 1.29 is 0 Å². The van der Waals surface area contributed by atoms with E-state index in [4.69, 9.17) is 9.97 Å². The van der Waals surface area contributed by atoms with E-state index in [-0.39, 0.29) is 5.41 Å². The second-order valence-corrected chi connectivity index (χ2v) is 18.0. The third-order valence-corrected chi connectivity index (χ3v) is 14.6. The smallest absolute Gasteiger partial charge is 0.161 e. The second-order valence-electron chi connectivity index (χ2n) is 18.0. The summed E-state index contributed by atoms with van der Waals surface area (Å²) in [6, 6.07) is 73.9. The van der Waals surface area contributed by atoms with E-state index in [1.54, 1.807) is 0 Å². The van der Waals surface area contributed by atoms with Gasteiger partial charge in [0.15, 0.2) is 5.82 Å². The standard InChI is InChI=1S/C60H39N3/c1-59(2)45-26-11-6-20-37(45)43-34-44-38-21-10-15-32-52(38)63(54(44)35-50(43)59)53-33-17-30-49-56(53)40-23-8-13-28-47(40)60(49)46-27-12-7-22-39(46)55-42(25-16-29-48(55)60)58-61-51-31-14-9-24-41(51)57(62-58)36-18-4-3-5-19-36/h3-35H,1-2H3. The van der Waals surface area contributed by atoms with Crippen LogP contribution in [0.2, 0.25) is 0 Å². The summed E-state index contributed by atoms with van der Waals surface area (Å²) < 4.78 is 2.56. The lowest BCUT2D eigenvalue weighted by molar-refractivity contribution is 0.661. The van der Waals surface area contributed by atoms with E-state index in [1.165, 1.54) is 94.3 Å². The molecule has 0 amide bonds. The fourth-order valence-electron chi connectivity index (χ4n) is 12.0. The molecule has 2 aromatic heterocycles. The van der Waals surface area contributed by atoms with E-state index in [2.05, 4.69) is 219 Å². The molecule has 2 heterocycles. The maximum Gasteiger partial charge on any atom is 0.161 e. The minimum Gasteiger partial charge on any atom is -0.309 e. The van der Waals surface area contributed by atoms with Gasteiger partial charge in [0.1, 0.15) is 0 Å². The van der Waals surface area contributed by atoms with Crippen molar-refractivity contribution in [3.63, 3.8) is 0 Å². The van der Waals surface area contributed by atoms with Crippen LogP contribution in [0.1, 0.15) is 47.2 Å². The zero-order valence-corrected chi connectivity index (χ0v) is 34.9. The largest absolute Gasteiger partial charge is 0.309 e. The van der Waals surface area contributed by atoms with Crippen LogP contribution in [-0.4, -0.2) is 14.5 Å². The zero-order valence-electron chi connectivity index (χ0n) is 34.9. The van der Waals surface area contributed by atoms with Gasteiger partial charge in [-0.15, -0.1) is 0 Å². The van der Waals surface area contributed by atoms with Crippen molar-refractivity contribution in [3.8, 4) is 61.7 Å². The van der Waals surface area contributed by atoms with Crippen molar-refractivity contribution in [1.29, 1.82) is 0 Å². The molecule has 0 radical (unpaired) electrons. The Labute approximate surface area is 365 Å². The Morgan fingerprint density at radius 2 is 0.968 bits per heavy atom. The summed E-state index contributed by atoms with van der Waals surface area (Å²) in [5.74, 6) is 0.736. The molecule has 0 fully saturated rings. The van der Waals surface area contributed by atoms with Crippen molar-refractivity contribution in [2.45, 2.75) is 24.7 Å². The maximum atomic E-state index is 5.43. The highest BCUT2D eigenvalue weighted by Crippen LogP contribution is 2.65. The first-order valence-electron chi connectivity index (χ1n) is 22.0. The third kappa shape index (κ3) is 4.38. The van der Waals surface area contributed by atoms with Gasteiger partial charge in [-0.1, -0.05) is 184 Å². The number of fused-ring (bicyclic) bond motifs is 17. The van der Waals surface area contributed by atoms with Gasteiger partial charge in [-0.25, -0.2) is 9.97 Å². The molecule has 1 spiro atoms. The fourth-order valence-corrected chi connectivity index (χ4v) is 12.0. The van der Waals surface area contributed by atoms with Crippen LogP contribution in [0.3, 0.4) is 0 Å². The molecule has 1 unspecified atom stereocenters. The van der Waals surface area contributed by atoms with Gasteiger partial charge in [-0.3, -0.25) is 0 Å². The second kappa shape index (κ2) is 12.4. The Bertz CT molecular complexity index is 3780. The Morgan fingerprint density at radius 3 is 1.76 bits per heavy atom. The van der Waals surface area contributed by atoms with E-state index < -0.39 is 5.41 Å². The molecule has 0 saturated carbocycles. The molecule has 11 aromatic rings. The molecule has 0 aliphatic heterocycles. The minimum atomic E-state index is -0.563. The Kier molecular flexibility index (Phi) is 6.83. The van der Waals surface area contributed by atoms with E-state index in [0.717, 1.165) is 33.5 Å². The summed E-state index contributed by atoms with van der Waals surface area (Å²) in [5, 5.41) is 3.59. The summed E-state index contributed by atoms with van der Waals surface area (Å²) in [5.41, 5.74) is 22.6. The van der Waals surface area contributed by atoms with Crippen LogP contribution in [0.25, 0.3) is 94.4 Å². The Hall–Kier alpha value is -7.88. The average Bonchev–Trinajstić information content (AvgIpc) is 4.01. The fraction of sp³-hybridized carbons (Fsp3) is 0.0667. The van der Waals surface area contributed by atoms with Crippen LogP contribution >= 0.6 is 0 Å². The molecule has 294 valence electrons. The zero-order chi connectivity index (χ0) is 41.6. The summed E-state index contributed by atoms with van der Waals surface area (Å²) >= 11 is 0. The van der Waals surface area contributed by atoms with Crippen LogP contribution in [0, 0.1) is 0 Å². The van der Waals surface area contributed by atoms with Gasteiger partial charge in [0, 0.05) is 38.3 Å². The predicted molar refractivity (Wildman–Crippen MR) is 259 cm³/mol. The van der Waals surface area contributed by atoms with E-state index >= 15 is 0 Å². The predicted octanol–water partition coefficient (Wildman–Crippen LogP) is 14.7. The highest BCUT2D eigenvalue weighted by Gasteiger charge is 2.53. The van der Waals surface area contributed by atoms with Gasteiger partial charge in [0.2, 0.25) is 0 Å². The maximum absolute atomic E-state index is 5.43. The number of nitrogens with zero attached hydrogens (tertiary/aromatic N) is 3. The lowest BCUT2D eigenvalue weighted by atomic mass is 9.70. The van der Waals surface area contributed by atoms with E-state index in [1.807, 2.05) is 0 Å². The third-order valence-electron chi connectivity index (χ3n) is 14.6. The van der Waals surface area contributed by atoms with Crippen molar-refractivity contribution in [1.82, 2.24) is 14.5 Å². The van der Waals surface area contributed by atoms with Crippen molar-refractivity contribution in [3.05, 3.63) is 234 Å². The number of para-hydroxylation sites is 2. The summed E-state index contributed by atoms with van der Waals surface area (Å²) in [6.45, 7) is 4.76. The van der Waals surface area contributed by atoms with Gasteiger partial charge in [0.05, 0.1) is 33.3 Å². The lowest BCUT2D eigenvalue weighted by Gasteiger charge is -2.30. The van der Waals surface area contributed by atoms with Gasteiger partial charge >= 0.3 is 0 Å². The molecular formula is C60H39N3. The van der Waals surface area contributed by atoms with Crippen molar-refractivity contribution >= 4 is 32.7 Å². The van der Waals surface area contributed by atoms with Gasteiger partial charge in [-0.05, 0) is 91.5 Å². The molecule has 9 aromatic carbocycles. The lowest BCUT2D eigenvalue weighted by Crippen LogP contribution is -2.26. The number of hydrogen-bond donors (Lipinski definition) is 0. The molecule has 3 nitrogen and oxygen atoms in total. The molecule has 1 atom stereocenters.